The molecule has 0 heteroatoms. The maximum Gasteiger partial charge on any atom is -0.0184 e. The van der Waals surface area contributed by atoms with Gasteiger partial charge in [-0.05, 0) is 54.7 Å². The van der Waals surface area contributed by atoms with Gasteiger partial charge in [-0.15, -0.1) is 0 Å². The molecule has 0 amide bonds. The van der Waals surface area contributed by atoms with E-state index < -0.39 is 0 Å². The maximum atomic E-state index is 2.40. The average molecular weight is 278 g/mol. The van der Waals surface area contributed by atoms with Gasteiger partial charge in [0, 0.05) is 0 Å². The molecule has 0 heterocycles. The van der Waals surface area contributed by atoms with Gasteiger partial charge in [0.1, 0.15) is 0 Å². The zero-order valence-corrected chi connectivity index (χ0v) is 13.3. The molecule has 0 N–H and O–H groups in total. The van der Waals surface area contributed by atoms with E-state index in [-0.39, 0.29) is 0 Å². The maximum absolute atomic E-state index is 2.40. The number of benzene rings is 2. The molecule has 3 rings (SSSR count). The smallest absolute Gasteiger partial charge is 0.0184 e. The minimum Gasteiger partial charge on any atom is -0.0625 e. The predicted molar refractivity (Wildman–Crippen MR) is 91.4 cm³/mol. The van der Waals surface area contributed by atoms with Crippen molar-refractivity contribution in [2.24, 2.45) is 11.8 Å². The van der Waals surface area contributed by atoms with Crippen molar-refractivity contribution in [3.8, 4) is 11.1 Å². The van der Waals surface area contributed by atoms with Crippen molar-refractivity contribution < 1.29 is 0 Å². The summed E-state index contributed by atoms with van der Waals surface area (Å²) in [7, 11) is 0. The molecule has 2 aromatic carbocycles. The first kappa shape index (κ1) is 14.4. The summed E-state index contributed by atoms with van der Waals surface area (Å²) in [5, 5.41) is 0. The first-order valence-electron chi connectivity index (χ1n) is 8.36. The molecule has 0 atom stereocenters. The van der Waals surface area contributed by atoms with E-state index in [0.717, 1.165) is 11.8 Å². The Morgan fingerprint density at radius 1 is 0.762 bits per heavy atom. The monoisotopic (exact) mass is 278 g/mol. The van der Waals surface area contributed by atoms with E-state index in [4.69, 9.17) is 0 Å². The summed E-state index contributed by atoms with van der Waals surface area (Å²) in [6.45, 7) is 4.53. The molecule has 1 saturated carbocycles. The Morgan fingerprint density at radius 3 is 1.86 bits per heavy atom. The summed E-state index contributed by atoms with van der Waals surface area (Å²) >= 11 is 0. The summed E-state index contributed by atoms with van der Waals surface area (Å²) in [6.07, 6.45) is 6.95. The molecule has 0 saturated heterocycles. The van der Waals surface area contributed by atoms with Crippen molar-refractivity contribution in [2.75, 3.05) is 0 Å². The first-order valence-corrected chi connectivity index (χ1v) is 8.36. The van der Waals surface area contributed by atoms with Gasteiger partial charge in [0.25, 0.3) is 0 Å². The van der Waals surface area contributed by atoms with Crippen LogP contribution in [0.25, 0.3) is 11.1 Å². The van der Waals surface area contributed by atoms with Crippen LogP contribution in [0.15, 0.2) is 48.5 Å². The first-order chi connectivity index (χ1) is 10.2. The van der Waals surface area contributed by atoms with E-state index in [1.807, 2.05) is 0 Å². The Balaban J connectivity index is 1.65. The lowest BCUT2D eigenvalue weighted by atomic mass is 9.80. The van der Waals surface area contributed by atoms with Crippen LogP contribution in [0, 0.1) is 18.8 Å². The second kappa shape index (κ2) is 6.47. The molecule has 1 fully saturated rings. The van der Waals surface area contributed by atoms with Gasteiger partial charge in [-0.2, -0.15) is 0 Å². The van der Waals surface area contributed by atoms with Crippen molar-refractivity contribution in [2.45, 2.75) is 46.0 Å². The summed E-state index contributed by atoms with van der Waals surface area (Å²) < 4.78 is 0. The van der Waals surface area contributed by atoms with Crippen LogP contribution in [0.2, 0.25) is 0 Å². The van der Waals surface area contributed by atoms with Crippen LogP contribution in [0.5, 0.6) is 0 Å². The van der Waals surface area contributed by atoms with Gasteiger partial charge in [-0.3, -0.25) is 0 Å². The highest BCUT2D eigenvalue weighted by molar-refractivity contribution is 5.63. The van der Waals surface area contributed by atoms with Gasteiger partial charge in [0.15, 0.2) is 0 Å². The standard InChI is InChI=1S/C21H26/c1-16-3-7-18(8-4-16)15-19-9-13-21(14-10-19)20-11-5-17(2)6-12-20/h5-6,9-14,16,18H,3-4,7-8,15H2,1-2H3. The van der Waals surface area contributed by atoms with Crippen LogP contribution in [0.3, 0.4) is 0 Å². The van der Waals surface area contributed by atoms with Crippen molar-refractivity contribution >= 4 is 0 Å². The molecule has 1 aliphatic rings. The third-order valence-corrected chi connectivity index (χ3v) is 5.00. The molecule has 0 unspecified atom stereocenters. The highest BCUT2D eigenvalue weighted by Gasteiger charge is 2.18. The predicted octanol–water partition coefficient (Wildman–Crippen LogP) is 6.03. The van der Waals surface area contributed by atoms with Gasteiger partial charge in [0.2, 0.25) is 0 Å². The molecule has 0 aliphatic heterocycles. The summed E-state index contributed by atoms with van der Waals surface area (Å²) in [6, 6.07) is 18.0. The number of aryl methyl sites for hydroxylation is 1. The van der Waals surface area contributed by atoms with E-state index >= 15 is 0 Å². The van der Waals surface area contributed by atoms with E-state index in [2.05, 4.69) is 62.4 Å². The molecule has 21 heavy (non-hydrogen) atoms. The van der Waals surface area contributed by atoms with Crippen molar-refractivity contribution in [3.63, 3.8) is 0 Å². The van der Waals surface area contributed by atoms with Gasteiger partial charge in [-0.25, -0.2) is 0 Å². The Kier molecular flexibility index (Phi) is 4.43. The van der Waals surface area contributed by atoms with Crippen LogP contribution in [0.4, 0.5) is 0 Å². The largest absolute Gasteiger partial charge is 0.0625 e. The molecule has 1 aliphatic carbocycles. The zero-order valence-electron chi connectivity index (χ0n) is 13.3. The number of rotatable bonds is 3. The van der Waals surface area contributed by atoms with E-state index in [1.165, 1.54) is 54.4 Å². The van der Waals surface area contributed by atoms with E-state index in [9.17, 15) is 0 Å². The third-order valence-electron chi connectivity index (χ3n) is 5.00. The van der Waals surface area contributed by atoms with Crippen LogP contribution < -0.4 is 0 Å². The summed E-state index contributed by atoms with van der Waals surface area (Å²) in [5.41, 5.74) is 5.47. The van der Waals surface area contributed by atoms with Crippen molar-refractivity contribution in [1.82, 2.24) is 0 Å². The minimum atomic E-state index is 0.909. The molecule has 0 aromatic heterocycles. The van der Waals surface area contributed by atoms with Crippen molar-refractivity contribution in [1.29, 1.82) is 0 Å². The molecule has 2 aromatic rings. The Hall–Kier alpha value is -1.56. The quantitative estimate of drug-likeness (QED) is 0.643. The Bertz CT molecular complexity index is 554. The summed E-state index contributed by atoms with van der Waals surface area (Å²) in [4.78, 5) is 0. The third kappa shape index (κ3) is 3.75. The zero-order chi connectivity index (χ0) is 14.7. The van der Waals surface area contributed by atoms with Gasteiger partial charge < -0.3 is 0 Å². The molecule has 0 spiro atoms. The fourth-order valence-corrected chi connectivity index (χ4v) is 3.45. The van der Waals surface area contributed by atoms with Crippen LogP contribution in [0.1, 0.15) is 43.7 Å². The van der Waals surface area contributed by atoms with Crippen LogP contribution in [-0.4, -0.2) is 0 Å². The minimum absolute atomic E-state index is 0.909. The highest BCUT2D eigenvalue weighted by atomic mass is 14.2. The Labute approximate surface area is 129 Å². The fraction of sp³-hybridized carbons (Fsp3) is 0.429. The topological polar surface area (TPSA) is 0 Å². The molecule has 0 bridgehead atoms. The highest BCUT2D eigenvalue weighted by Crippen LogP contribution is 2.31. The van der Waals surface area contributed by atoms with Gasteiger partial charge in [0.05, 0.1) is 0 Å². The van der Waals surface area contributed by atoms with Gasteiger partial charge in [-0.1, -0.05) is 73.9 Å². The lowest BCUT2D eigenvalue weighted by Crippen LogP contribution is -2.14. The lowest BCUT2D eigenvalue weighted by Gasteiger charge is -2.26. The molecule has 0 nitrogen and oxygen atoms in total. The van der Waals surface area contributed by atoms with Gasteiger partial charge >= 0.3 is 0 Å². The second-order valence-corrected chi connectivity index (χ2v) is 6.89. The average Bonchev–Trinajstić information content (AvgIpc) is 2.51. The molecular formula is C21H26. The lowest BCUT2D eigenvalue weighted by molar-refractivity contribution is 0.289. The number of hydrogen-bond donors (Lipinski definition) is 0. The normalized spacial score (nSPS) is 22.2. The number of hydrogen-bond acceptors (Lipinski definition) is 0. The van der Waals surface area contributed by atoms with E-state index in [1.54, 1.807) is 0 Å². The second-order valence-electron chi connectivity index (χ2n) is 6.89. The fourth-order valence-electron chi connectivity index (χ4n) is 3.45. The van der Waals surface area contributed by atoms with E-state index in [0.29, 0.717) is 0 Å². The van der Waals surface area contributed by atoms with Crippen LogP contribution in [-0.2, 0) is 6.42 Å². The molecule has 0 radical (unpaired) electrons. The molecular weight excluding hydrogens is 252 g/mol. The summed E-state index contributed by atoms with van der Waals surface area (Å²) in [5.74, 6) is 1.86. The Morgan fingerprint density at radius 2 is 1.29 bits per heavy atom. The van der Waals surface area contributed by atoms with Crippen molar-refractivity contribution in [3.05, 3.63) is 59.7 Å². The molecule has 110 valence electrons. The SMILES string of the molecule is Cc1ccc(-c2ccc(CC3CCC(C)CC3)cc2)cc1. The van der Waals surface area contributed by atoms with Crippen LogP contribution >= 0.6 is 0 Å².